The van der Waals surface area contributed by atoms with E-state index >= 15 is 0 Å². The summed E-state index contributed by atoms with van der Waals surface area (Å²) < 4.78 is 28.8. The van der Waals surface area contributed by atoms with E-state index in [0.29, 0.717) is 18.0 Å². The van der Waals surface area contributed by atoms with E-state index < -0.39 is 28.5 Å². The fourth-order valence-electron chi connectivity index (χ4n) is 4.42. The predicted octanol–water partition coefficient (Wildman–Crippen LogP) is 5.88. The molecular formula is C31H38ClN3O4S. The van der Waals surface area contributed by atoms with Crippen molar-refractivity contribution in [3.63, 3.8) is 0 Å². The van der Waals surface area contributed by atoms with Gasteiger partial charge in [-0.3, -0.25) is 13.9 Å². The van der Waals surface area contributed by atoms with Crippen molar-refractivity contribution < 1.29 is 18.0 Å². The molecule has 0 radical (unpaired) electrons. The number of benzene rings is 3. The highest BCUT2D eigenvalue weighted by molar-refractivity contribution is 7.92. The molecule has 0 spiro atoms. The summed E-state index contributed by atoms with van der Waals surface area (Å²) in [4.78, 5) is 28.9. The zero-order chi connectivity index (χ0) is 29.3. The van der Waals surface area contributed by atoms with Crippen LogP contribution in [0.2, 0.25) is 5.02 Å². The SMILES string of the molecule is CCCCNC(=O)[C@@H](CC)N(Cc1cccc(C)c1)C(=O)CN(c1ccc(C)c(Cl)c1)S(=O)(=O)c1ccccc1. The second-order valence-electron chi connectivity index (χ2n) is 9.84. The lowest BCUT2D eigenvalue weighted by Crippen LogP contribution is -2.52. The van der Waals surface area contributed by atoms with Crippen molar-refractivity contribution in [3.05, 3.63) is 94.5 Å². The topological polar surface area (TPSA) is 86.8 Å². The number of hydrogen-bond donors (Lipinski definition) is 1. The fraction of sp³-hybridized carbons (Fsp3) is 0.355. The first kappa shape index (κ1) is 31.2. The number of nitrogens with one attached hydrogen (secondary N) is 1. The van der Waals surface area contributed by atoms with Crippen molar-refractivity contribution >= 4 is 39.1 Å². The van der Waals surface area contributed by atoms with Crippen LogP contribution < -0.4 is 9.62 Å². The van der Waals surface area contributed by atoms with Crippen molar-refractivity contribution in [1.82, 2.24) is 10.2 Å². The van der Waals surface area contributed by atoms with E-state index in [9.17, 15) is 18.0 Å². The van der Waals surface area contributed by atoms with Crippen LogP contribution in [0.4, 0.5) is 5.69 Å². The number of rotatable bonds is 13. The zero-order valence-corrected chi connectivity index (χ0v) is 25.1. The molecule has 3 rings (SSSR count). The number of amides is 2. The summed E-state index contributed by atoms with van der Waals surface area (Å²) in [5, 5.41) is 3.33. The van der Waals surface area contributed by atoms with Crippen LogP contribution in [0.5, 0.6) is 0 Å². The highest BCUT2D eigenvalue weighted by Crippen LogP contribution is 2.28. The molecule has 0 bridgehead atoms. The molecule has 2 amide bonds. The average molecular weight is 584 g/mol. The number of sulfonamides is 1. The predicted molar refractivity (Wildman–Crippen MR) is 161 cm³/mol. The molecule has 9 heteroatoms. The Labute approximate surface area is 243 Å². The molecule has 0 aliphatic heterocycles. The molecule has 1 atom stereocenters. The highest BCUT2D eigenvalue weighted by atomic mass is 35.5. The van der Waals surface area contributed by atoms with E-state index in [1.165, 1.54) is 17.0 Å². The Morgan fingerprint density at radius 1 is 0.950 bits per heavy atom. The molecule has 0 unspecified atom stereocenters. The van der Waals surface area contributed by atoms with Crippen LogP contribution in [0.3, 0.4) is 0 Å². The van der Waals surface area contributed by atoms with E-state index in [1.54, 1.807) is 36.4 Å². The maximum Gasteiger partial charge on any atom is 0.264 e. The normalized spacial score (nSPS) is 12.0. The van der Waals surface area contributed by atoms with Gasteiger partial charge in [0, 0.05) is 18.1 Å². The molecule has 3 aromatic rings. The third kappa shape index (κ3) is 7.86. The van der Waals surface area contributed by atoms with Gasteiger partial charge < -0.3 is 10.2 Å². The van der Waals surface area contributed by atoms with Gasteiger partial charge >= 0.3 is 0 Å². The number of nitrogens with zero attached hydrogens (tertiary/aromatic N) is 2. The van der Waals surface area contributed by atoms with Gasteiger partial charge in [0.15, 0.2) is 0 Å². The van der Waals surface area contributed by atoms with E-state index in [2.05, 4.69) is 5.32 Å². The van der Waals surface area contributed by atoms with Crippen molar-refractivity contribution in [2.45, 2.75) is 64.4 Å². The van der Waals surface area contributed by atoms with Crippen LogP contribution >= 0.6 is 11.6 Å². The van der Waals surface area contributed by atoms with Crippen LogP contribution in [0.25, 0.3) is 0 Å². The maximum atomic E-state index is 14.1. The van der Waals surface area contributed by atoms with Crippen molar-refractivity contribution in [3.8, 4) is 0 Å². The summed E-state index contributed by atoms with van der Waals surface area (Å²) in [6.45, 7) is 7.83. The van der Waals surface area contributed by atoms with E-state index in [0.717, 1.165) is 33.8 Å². The number of carbonyl (C=O) groups excluding carboxylic acids is 2. The van der Waals surface area contributed by atoms with Crippen LogP contribution in [-0.2, 0) is 26.2 Å². The molecule has 40 heavy (non-hydrogen) atoms. The maximum absolute atomic E-state index is 14.1. The van der Waals surface area contributed by atoms with Gasteiger partial charge in [-0.25, -0.2) is 8.42 Å². The lowest BCUT2D eigenvalue weighted by molar-refractivity contribution is -0.140. The van der Waals surface area contributed by atoms with E-state index in [4.69, 9.17) is 11.6 Å². The summed E-state index contributed by atoms with van der Waals surface area (Å²) in [6.07, 6.45) is 2.12. The molecule has 214 valence electrons. The Balaban J connectivity index is 2.05. The van der Waals surface area contributed by atoms with E-state index in [1.807, 2.05) is 52.0 Å². The average Bonchev–Trinajstić information content (AvgIpc) is 2.93. The van der Waals surface area contributed by atoms with E-state index in [-0.39, 0.29) is 23.0 Å². The van der Waals surface area contributed by atoms with Gasteiger partial charge in [0.1, 0.15) is 12.6 Å². The standard InChI is InChI=1S/C31H38ClN3O4S/c1-5-7-18-33-31(37)29(6-2)34(21-25-13-11-12-23(3)19-25)30(36)22-35(26-17-16-24(4)28(32)20-26)40(38,39)27-14-9-8-10-15-27/h8-17,19-20,29H,5-7,18,21-22H2,1-4H3,(H,33,37)/t29-/m1/s1. The molecule has 0 heterocycles. The summed E-state index contributed by atoms with van der Waals surface area (Å²) >= 11 is 6.38. The quantitative estimate of drug-likeness (QED) is 0.255. The summed E-state index contributed by atoms with van der Waals surface area (Å²) in [5.74, 6) is -0.747. The molecule has 0 saturated carbocycles. The Morgan fingerprint density at radius 3 is 2.30 bits per heavy atom. The second kappa shape index (κ2) is 14.3. The first-order valence-electron chi connectivity index (χ1n) is 13.5. The van der Waals surface area contributed by atoms with Gasteiger partial charge in [-0.15, -0.1) is 0 Å². The Bertz CT molecular complexity index is 1410. The molecule has 0 aliphatic rings. The lowest BCUT2D eigenvalue weighted by Gasteiger charge is -2.33. The number of hydrogen-bond acceptors (Lipinski definition) is 4. The number of carbonyl (C=O) groups is 2. The molecule has 0 aliphatic carbocycles. The smallest absolute Gasteiger partial charge is 0.264 e. The summed E-state index contributed by atoms with van der Waals surface area (Å²) in [7, 11) is -4.14. The minimum Gasteiger partial charge on any atom is -0.354 e. The molecule has 7 nitrogen and oxygen atoms in total. The molecule has 0 fully saturated rings. The molecule has 0 aromatic heterocycles. The van der Waals surface area contributed by atoms with Gasteiger partial charge in [-0.2, -0.15) is 0 Å². The van der Waals surface area contributed by atoms with Crippen molar-refractivity contribution in [2.75, 3.05) is 17.4 Å². The van der Waals surface area contributed by atoms with Crippen LogP contribution in [-0.4, -0.2) is 44.3 Å². The van der Waals surface area contributed by atoms with Crippen LogP contribution in [0, 0.1) is 13.8 Å². The minimum atomic E-state index is -4.14. The molecule has 1 N–H and O–H groups in total. The van der Waals surface area contributed by atoms with Crippen molar-refractivity contribution in [2.24, 2.45) is 0 Å². The Hall–Kier alpha value is -3.36. The van der Waals surface area contributed by atoms with Gasteiger partial charge in [-0.1, -0.05) is 86.0 Å². The third-order valence-electron chi connectivity index (χ3n) is 6.70. The lowest BCUT2D eigenvalue weighted by atomic mass is 10.1. The molecular weight excluding hydrogens is 546 g/mol. The zero-order valence-electron chi connectivity index (χ0n) is 23.6. The third-order valence-corrected chi connectivity index (χ3v) is 8.90. The molecule has 3 aromatic carbocycles. The van der Waals surface area contributed by atoms with Gasteiger partial charge in [0.25, 0.3) is 10.0 Å². The minimum absolute atomic E-state index is 0.0501. The number of anilines is 1. The highest BCUT2D eigenvalue weighted by Gasteiger charge is 2.33. The van der Waals surface area contributed by atoms with Crippen molar-refractivity contribution in [1.29, 1.82) is 0 Å². The van der Waals surface area contributed by atoms with Crippen LogP contribution in [0.1, 0.15) is 49.8 Å². The molecule has 0 saturated heterocycles. The largest absolute Gasteiger partial charge is 0.354 e. The first-order chi connectivity index (χ1) is 19.1. The summed E-state index contributed by atoms with van der Waals surface area (Å²) in [5.41, 5.74) is 2.92. The number of halogens is 1. The van der Waals surface area contributed by atoms with Gasteiger partial charge in [0.05, 0.1) is 10.6 Å². The Morgan fingerprint density at radius 2 is 1.68 bits per heavy atom. The van der Waals surface area contributed by atoms with Gasteiger partial charge in [-0.05, 0) is 62.1 Å². The number of unbranched alkanes of at least 4 members (excludes halogenated alkanes) is 1. The monoisotopic (exact) mass is 583 g/mol. The second-order valence-corrected chi connectivity index (χ2v) is 12.1. The Kier molecular flexibility index (Phi) is 11.2. The summed E-state index contributed by atoms with van der Waals surface area (Å²) in [6, 6.07) is 19.8. The van der Waals surface area contributed by atoms with Gasteiger partial charge in [0.2, 0.25) is 11.8 Å². The number of aryl methyl sites for hydroxylation is 2. The van der Waals surface area contributed by atoms with Crippen LogP contribution in [0.15, 0.2) is 77.7 Å². The first-order valence-corrected chi connectivity index (χ1v) is 15.4. The fourth-order valence-corrected chi connectivity index (χ4v) is 6.02.